The van der Waals surface area contributed by atoms with Gasteiger partial charge in [-0.25, -0.2) is 0 Å². The van der Waals surface area contributed by atoms with Gasteiger partial charge >= 0.3 is 0 Å². The highest BCUT2D eigenvalue weighted by atomic mass is 16.7. The fourth-order valence-electron chi connectivity index (χ4n) is 14.7. The zero-order valence-electron chi connectivity index (χ0n) is 31.3. The molecule has 3 saturated heterocycles. The van der Waals surface area contributed by atoms with Crippen LogP contribution in [0, 0.1) is 45.3 Å². The summed E-state index contributed by atoms with van der Waals surface area (Å²) in [6.45, 7) is 19.6. The Morgan fingerprint density at radius 3 is 2.38 bits per heavy atom. The Kier molecular flexibility index (Phi) is 8.11. The van der Waals surface area contributed by atoms with Gasteiger partial charge in [0.05, 0.1) is 30.5 Å². The number of hydrogen-bond donors (Lipinski definition) is 1. The molecule has 12 atom stereocenters. The molecule has 0 aromatic rings. The fraction of sp³-hybridized carbons (Fsp3) is 1.00. The fourth-order valence-corrected chi connectivity index (χ4v) is 14.7. The minimum Gasteiger partial charge on any atom is -0.388 e. The summed E-state index contributed by atoms with van der Waals surface area (Å²) in [5.74, 6) is 3.04. The highest BCUT2D eigenvalue weighted by molar-refractivity contribution is 5.29. The van der Waals surface area contributed by atoms with Gasteiger partial charge in [0, 0.05) is 44.9 Å². The van der Waals surface area contributed by atoms with Gasteiger partial charge in [-0.1, -0.05) is 27.2 Å². The summed E-state index contributed by atoms with van der Waals surface area (Å²) in [7, 11) is 0. The van der Waals surface area contributed by atoms with Crippen LogP contribution in [-0.2, 0) is 18.9 Å². The molecule has 0 bridgehead atoms. The largest absolute Gasteiger partial charge is 0.388 e. The molecule has 7 unspecified atom stereocenters. The molecule has 0 amide bonds. The molecule has 1 N–H and O–H groups in total. The van der Waals surface area contributed by atoms with Crippen molar-refractivity contribution in [3.05, 3.63) is 0 Å². The molecule has 48 heavy (non-hydrogen) atoms. The van der Waals surface area contributed by atoms with E-state index in [4.69, 9.17) is 18.9 Å². The molecule has 7 nitrogen and oxygen atoms in total. The van der Waals surface area contributed by atoms with Gasteiger partial charge in [0.2, 0.25) is 0 Å². The van der Waals surface area contributed by atoms with Crippen LogP contribution in [0.1, 0.15) is 125 Å². The summed E-state index contributed by atoms with van der Waals surface area (Å²) in [6, 6.07) is 1.57. The second-order valence-electron chi connectivity index (χ2n) is 20.0. The summed E-state index contributed by atoms with van der Waals surface area (Å²) in [5.41, 5.74) is 0.756. The lowest BCUT2D eigenvalue weighted by Crippen LogP contribution is -2.66. The van der Waals surface area contributed by atoms with E-state index in [1.165, 1.54) is 90.1 Å². The number of nitrogens with zero attached hydrogens (tertiary/aromatic N) is 2. The van der Waals surface area contributed by atoms with Crippen molar-refractivity contribution in [3.8, 4) is 0 Å². The van der Waals surface area contributed by atoms with Crippen LogP contribution in [0.25, 0.3) is 0 Å². The third kappa shape index (κ3) is 4.89. The average Bonchev–Trinajstić information content (AvgIpc) is 3.57. The standard InChI is InChI=1S/C41H68N2O5/c1-7-45-36(38(4,5)44)31-13-11-29-32(47-31)21-30-28-12-14-33-37(2,3)34(15-16-41(33)25-40(28,41)18-17-39(29,30)6)48-35-24-42(19-20-46-35)27-22-43(23-27)26-9-8-10-26/h26-36,44H,7-25H2,1-6H3/t28?,29?,30?,31?,32?,33?,34-,35?,36-,39+,40-,41+/m0/s1. The molecule has 0 radical (unpaired) electrons. The minimum atomic E-state index is -0.892. The van der Waals surface area contributed by atoms with E-state index in [1.807, 2.05) is 20.8 Å². The van der Waals surface area contributed by atoms with Crippen LogP contribution in [0.5, 0.6) is 0 Å². The van der Waals surface area contributed by atoms with E-state index < -0.39 is 5.60 Å². The number of rotatable bonds is 8. The van der Waals surface area contributed by atoms with Gasteiger partial charge in [0.1, 0.15) is 6.10 Å². The van der Waals surface area contributed by atoms with Crippen LogP contribution in [0.3, 0.4) is 0 Å². The van der Waals surface area contributed by atoms with Crippen LogP contribution in [-0.4, -0.2) is 103 Å². The maximum Gasteiger partial charge on any atom is 0.170 e. The van der Waals surface area contributed by atoms with Crippen LogP contribution in [0.4, 0.5) is 0 Å². The maximum atomic E-state index is 11.0. The first kappa shape index (κ1) is 33.5. The van der Waals surface area contributed by atoms with E-state index in [0.717, 1.165) is 49.9 Å². The van der Waals surface area contributed by atoms with E-state index in [2.05, 4.69) is 30.6 Å². The van der Waals surface area contributed by atoms with E-state index >= 15 is 0 Å². The SMILES string of the molecule is CCO[C@@H](C1CCC2C(CC3C4CCC5C(C)(C)[C@@H](OC6CN(C7CN(C8CCC8)C7)CCO6)CC[C@@]56C[C@@]46CC[C@]23C)O1)C(C)(C)O. The van der Waals surface area contributed by atoms with Gasteiger partial charge in [-0.05, 0) is 143 Å². The second-order valence-corrected chi connectivity index (χ2v) is 20.0. The van der Waals surface area contributed by atoms with Crippen molar-refractivity contribution < 1.29 is 24.1 Å². The zero-order valence-corrected chi connectivity index (χ0v) is 31.3. The van der Waals surface area contributed by atoms with Gasteiger partial charge in [0.15, 0.2) is 6.29 Å². The zero-order chi connectivity index (χ0) is 33.3. The molecule has 2 spiro atoms. The highest BCUT2D eigenvalue weighted by Gasteiger charge is 2.80. The van der Waals surface area contributed by atoms with E-state index in [9.17, 15) is 5.11 Å². The Balaban J connectivity index is 0.859. The van der Waals surface area contributed by atoms with E-state index in [-0.39, 0.29) is 23.9 Å². The van der Waals surface area contributed by atoms with Gasteiger partial charge < -0.3 is 24.1 Å². The Labute approximate surface area is 291 Å². The normalized spacial score (nSPS) is 49.8. The van der Waals surface area contributed by atoms with Crippen molar-refractivity contribution >= 4 is 0 Å². The molecular formula is C41H68N2O5. The molecule has 3 aliphatic heterocycles. The lowest BCUT2D eigenvalue weighted by atomic mass is 9.46. The summed E-state index contributed by atoms with van der Waals surface area (Å²) in [4.78, 5) is 5.41. The molecule has 3 heterocycles. The van der Waals surface area contributed by atoms with Crippen LogP contribution >= 0.6 is 0 Å². The van der Waals surface area contributed by atoms with Crippen molar-refractivity contribution in [1.82, 2.24) is 9.80 Å². The molecule has 9 rings (SSSR count). The summed E-state index contributed by atoms with van der Waals surface area (Å²) in [6.07, 6.45) is 17.6. The number of fused-ring (bicyclic) bond motifs is 4. The second kappa shape index (κ2) is 11.6. The Hall–Kier alpha value is -0.280. The van der Waals surface area contributed by atoms with Crippen molar-refractivity contribution in [1.29, 1.82) is 0 Å². The van der Waals surface area contributed by atoms with E-state index in [1.54, 1.807) is 0 Å². The van der Waals surface area contributed by atoms with Crippen molar-refractivity contribution in [2.75, 3.05) is 39.4 Å². The number of aliphatic hydroxyl groups is 1. The average molecular weight is 669 g/mol. The van der Waals surface area contributed by atoms with Crippen LogP contribution < -0.4 is 0 Å². The number of morpholine rings is 1. The van der Waals surface area contributed by atoms with Crippen LogP contribution in [0.2, 0.25) is 0 Å². The first-order valence-corrected chi connectivity index (χ1v) is 20.6. The smallest absolute Gasteiger partial charge is 0.170 e. The van der Waals surface area contributed by atoms with Crippen molar-refractivity contribution in [2.24, 2.45) is 45.3 Å². The third-order valence-corrected chi connectivity index (χ3v) is 17.3. The quantitative estimate of drug-likeness (QED) is 0.311. The molecule has 0 aromatic carbocycles. The predicted octanol–water partition coefficient (Wildman–Crippen LogP) is 6.65. The first-order chi connectivity index (χ1) is 22.9. The molecule has 9 aliphatic rings. The molecule has 9 fully saturated rings. The van der Waals surface area contributed by atoms with Crippen LogP contribution in [0.15, 0.2) is 0 Å². The molecule has 7 heteroatoms. The van der Waals surface area contributed by atoms with Gasteiger partial charge in [-0.3, -0.25) is 9.80 Å². The first-order valence-electron chi connectivity index (χ1n) is 20.6. The number of likely N-dealkylation sites (tertiary alicyclic amines) is 1. The molecule has 6 aliphatic carbocycles. The third-order valence-electron chi connectivity index (χ3n) is 17.3. The predicted molar refractivity (Wildman–Crippen MR) is 186 cm³/mol. The number of ether oxygens (including phenoxy) is 4. The van der Waals surface area contributed by atoms with Crippen molar-refractivity contribution in [2.45, 2.75) is 173 Å². The Bertz CT molecular complexity index is 1210. The van der Waals surface area contributed by atoms with Crippen molar-refractivity contribution in [3.63, 3.8) is 0 Å². The highest BCUT2D eigenvalue weighted by Crippen LogP contribution is 2.87. The monoisotopic (exact) mass is 669 g/mol. The van der Waals surface area contributed by atoms with E-state index in [0.29, 0.717) is 47.0 Å². The molecule has 0 aromatic heterocycles. The Morgan fingerprint density at radius 1 is 0.854 bits per heavy atom. The van der Waals surface area contributed by atoms with Gasteiger partial charge in [-0.15, -0.1) is 0 Å². The van der Waals surface area contributed by atoms with Gasteiger partial charge in [0.25, 0.3) is 0 Å². The Morgan fingerprint density at radius 2 is 1.65 bits per heavy atom. The molecule has 272 valence electrons. The summed E-state index contributed by atoms with van der Waals surface area (Å²) >= 11 is 0. The van der Waals surface area contributed by atoms with Gasteiger partial charge in [-0.2, -0.15) is 0 Å². The number of hydrogen-bond acceptors (Lipinski definition) is 7. The molecular weight excluding hydrogens is 600 g/mol. The topological polar surface area (TPSA) is 63.6 Å². The maximum absolute atomic E-state index is 11.0. The lowest BCUT2D eigenvalue weighted by molar-refractivity contribution is -0.251. The summed E-state index contributed by atoms with van der Waals surface area (Å²) in [5, 5.41) is 11.0. The summed E-state index contributed by atoms with van der Waals surface area (Å²) < 4.78 is 26.5. The lowest BCUT2D eigenvalue weighted by Gasteiger charge is -2.60. The minimum absolute atomic E-state index is 0.000961. The molecule has 6 saturated carbocycles.